The maximum absolute atomic E-state index is 13.0. The predicted molar refractivity (Wildman–Crippen MR) is 78.9 cm³/mol. The molecule has 1 aromatic carbocycles. The average molecular weight is 314 g/mol. The first-order valence-electron chi connectivity index (χ1n) is 6.93. The zero-order valence-corrected chi connectivity index (χ0v) is 12.3. The van der Waals surface area contributed by atoms with Crippen molar-refractivity contribution in [2.45, 2.75) is 18.9 Å². The van der Waals surface area contributed by atoms with Gasteiger partial charge in [-0.05, 0) is 37.1 Å². The quantitative estimate of drug-likeness (QED) is 0.728. The zero-order valence-electron chi connectivity index (χ0n) is 11.5. The van der Waals surface area contributed by atoms with Gasteiger partial charge in [0.05, 0.1) is 0 Å². The molecule has 3 heterocycles. The highest BCUT2D eigenvalue weighted by molar-refractivity contribution is 7.16. The van der Waals surface area contributed by atoms with Gasteiger partial charge in [-0.1, -0.05) is 11.3 Å². The first-order valence-corrected chi connectivity index (χ1v) is 7.75. The second-order valence-electron chi connectivity index (χ2n) is 5.06. The predicted octanol–water partition coefficient (Wildman–Crippen LogP) is 3.32. The number of nitriles is 1. The number of halogens is 1. The van der Waals surface area contributed by atoms with E-state index in [0.29, 0.717) is 21.9 Å². The van der Waals surface area contributed by atoms with Gasteiger partial charge in [-0.25, -0.2) is 9.37 Å². The molecule has 7 heteroatoms. The lowest BCUT2D eigenvalue weighted by molar-refractivity contribution is 0.111. The number of hydrogen-bond acceptors (Lipinski definition) is 5. The molecule has 0 saturated carbocycles. The third kappa shape index (κ3) is 2.08. The van der Waals surface area contributed by atoms with Crippen molar-refractivity contribution >= 4 is 16.3 Å². The van der Waals surface area contributed by atoms with Crippen molar-refractivity contribution in [3.63, 3.8) is 0 Å². The van der Waals surface area contributed by atoms with Crippen LogP contribution in [0.1, 0.15) is 29.6 Å². The summed E-state index contributed by atoms with van der Waals surface area (Å²) in [6.45, 7) is 0.749. The molecular weight excluding hydrogens is 303 g/mol. The van der Waals surface area contributed by atoms with Crippen molar-refractivity contribution in [1.29, 1.82) is 5.26 Å². The zero-order chi connectivity index (χ0) is 15.1. The van der Waals surface area contributed by atoms with E-state index in [9.17, 15) is 9.65 Å². The molecule has 0 bridgehead atoms. The lowest BCUT2D eigenvalue weighted by Gasteiger charge is -2.02. The van der Waals surface area contributed by atoms with Crippen LogP contribution in [0.15, 0.2) is 24.3 Å². The number of nitrogens with zero attached hydrogens (tertiary/aromatic N) is 4. The maximum Gasteiger partial charge on any atom is 0.214 e. The highest BCUT2D eigenvalue weighted by atomic mass is 32.1. The minimum Gasteiger partial charge on any atom is -0.371 e. The molecule has 2 aromatic heterocycles. The van der Waals surface area contributed by atoms with E-state index in [1.807, 2.05) is 0 Å². The standard InChI is InChI=1S/C15H11FN4OS/c16-10-5-3-9(4-6-10)13-11(8-17)20-15(18-13)22-14(19-20)12-2-1-7-21-12/h3-6,12H,1-2,7H2. The second-order valence-corrected chi connectivity index (χ2v) is 6.05. The third-order valence-corrected chi connectivity index (χ3v) is 4.65. The molecule has 3 aromatic rings. The Bertz CT molecular complexity index is 871. The van der Waals surface area contributed by atoms with Gasteiger partial charge in [0, 0.05) is 12.2 Å². The molecule has 1 fully saturated rings. The molecule has 0 radical (unpaired) electrons. The number of ether oxygens (including phenoxy) is 1. The Morgan fingerprint density at radius 3 is 2.86 bits per heavy atom. The molecule has 22 heavy (non-hydrogen) atoms. The van der Waals surface area contributed by atoms with Crippen LogP contribution in [0.25, 0.3) is 16.2 Å². The summed E-state index contributed by atoms with van der Waals surface area (Å²) >= 11 is 1.43. The Morgan fingerprint density at radius 2 is 2.18 bits per heavy atom. The van der Waals surface area contributed by atoms with E-state index in [4.69, 9.17) is 4.74 Å². The number of hydrogen-bond donors (Lipinski definition) is 0. The normalized spacial score (nSPS) is 17.9. The lowest BCUT2D eigenvalue weighted by atomic mass is 10.1. The van der Waals surface area contributed by atoms with Crippen LogP contribution in [0.2, 0.25) is 0 Å². The Labute approximate surface area is 129 Å². The van der Waals surface area contributed by atoms with E-state index in [1.54, 1.807) is 16.6 Å². The van der Waals surface area contributed by atoms with Crippen LogP contribution in [0.3, 0.4) is 0 Å². The van der Waals surface area contributed by atoms with E-state index in [-0.39, 0.29) is 11.9 Å². The van der Waals surface area contributed by atoms with E-state index >= 15 is 0 Å². The summed E-state index contributed by atoms with van der Waals surface area (Å²) in [5.41, 5.74) is 1.59. The number of rotatable bonds is 2. The number of aromatic nitrogens is 3. The van der Waals surface area contributed by atoms with Gasteiger partial charge in [-0.15, -0.1) is 0 Å². The summed E-state index contributed by atoms with van der Waals surface area (Å²) in [7, 11) is 0. The molecule has 5 nitrogen and oxygen atoms in total. The largest absolute Gasteiger partial charge is 0.371 e. The van der Waals surface area contributed by atoms with Crippen LogP contribution in [0.4, 0.5) is 4.39 Å². The number of fused-ring (bicyclic) bond motifs is 1. The molecule has 0 spiro atoms. The fourth-order valence-corrected chi connectivity index (χ4v) is 3.56. The first kappa shape index (κ1) is 13.4. The van der Waals surface area contributed by atoms with Crippen LogP contribution in [-0.2, 0) is 4.74 Å². The Balaban J connectivity index is 1.82. The van der Waals surface area contributed by atoms with Crippen molar-refractivity contribution in [3.05, 3.63) is 40.8 Å². The van der Waals surface area contributed by atoms with Crippen LogP contribution in [-0.4, -0.2) is 21.2 Å². The minimum atomic E-state index is -0.318. The lowest BCUT2D eigenvalue weighted by Crippen LogP contribution is -1.98. The SMILES string of the molecule is N#Cc1c(-c2ccc(F)cc2)nc2sc(C3CCCO3)nn12. The van der Waals surface area contributed by atoms with Crippen molar-refractivity contribution < 1.29 is 9.13 Å². The summed E-state index contributed by atoms with van der Waals surface area (Å²) in [4.78, 5) is 5.15. The van der Waals surface area contributed by atoms with Gasteiger partial charge in [0.15, 0.2) is 5.69 Å². The van der Waals surface area contributed by atoms with Gasteiger partial charge in [-0.2, -0.15) is 14.9 Å². The van der Waals surface area contributed by atoms with Crippen molar-refractivity contribution in [2.24, 2.45) is 0 Å². The van der Waals surface area contributed by atoms with Gasteiger partial charge in [0.1, 0.15) is 28.7 Å². The molecule has 1 aliphatic rings. The third-order valence-electron chi connectivity index (χ3n) is 3.65. The average Bonchev–Trinajstić information content (AvgIpc) is 3.22. The number of imidazole rings is 1. The maximum atomic E-state index is 13.0. The summed E-state index contributed by atoms with van der Waals surface area (Å²) in [6.07, 6.45) is 1.98. The monoisotopic (exact) mass is 314 g/mol. The highest BCUT2D eigenvalue weighted by Gasteiger charge is 2.24. The van der Waals surface area contributed by atoms with E-state index in [2.05, 4.69) is 16.2 Å². The smallest absolute Gasteiger partial charge is 0.214 e. The van der Waals surface area contributed by atoms with Crippen LogP contribution in [0, 0.1) is 17.1 Å². The van der Waals surface area contributed by atoms with Crippen molar-refractivity contribution in [2.75, 3.05) is 6.61 Å². The molecule has 0 amide bonds. The van der Waals surface area contributed by atoms with E-state index in [1.165, 1.54) is 23.5 Å². The van der Waals surface area contributed by atoms with Gasteiger partial charge in [0.2, 0.25) is 4.96 Å². The molecule has 1 atom stereocenters. The molecule has 110 valence electrons. The van der Waals surface area contributed by atoms with Crippen molar-refractivity contribution in [3.8, 4) is 17.3 Å². The van der Waals surface area contributed by atoms with Crippen LogP contribution < -0.4 is 0 Å². The second kappa shape index (κ2) is 5.16. The summed E-state index contributed by atoms with van der Waals surface area (Å²) in [6, 6.07) is 8.09. The molecule has 1 unspecified atom stereocenters. The summed E-state index contributed by atoms with van der Waals surface area (Å²) < 4.78 is 20.2. The molecular formula is C15H11FN4OS. The molecule has 4 rings (SSSR count). The van der Waals surface area contributed by atoms with Crippen molar-refractivity contribution in [1.82, 2.24) is 14.6 Å². The Hall–Kier alpha value is -2.30. The Kier molecular flexibility index (Phi) is 3.13. The minimum absolute atomic E-state index is 0.00696. The number of benzene rings is 1. The first-order chi connectivity index (χ1) is 10.8. The topological polar surface area (TPSA) is 63.2 Å². The fraction of sp³-hybridized carbons (Fsp3) is 0.267. The summed E-state index contributed by atoms with van der Waals surface area (Å²) in [5.74, 6) is -0.318. The molecule has 0 N–H and O–H groups in total. The van der Waals surface area contributed by atoms with E-state index in [0.717, 1.165) is 24.5 Å². The molecule has 0 aliphatic carbocycles. The van der Waals surface area contributed by atoms with Crippen LogP contribution >= 0.6 is 11.3 Å². The van der Waals surface area contributed by atoms with Gasteiger partial charge in [-0.3, -0.25) is 0 Å². The van der Waals surface area contributed by atoms with Gasteiger partial charge in [0.25, 0.3) is 0 Å². The fourth-order valence-electron chi connectivity index (χ4n) is 2.58. The molecule has 1 saturated heterocycles. The summed E-state index contributed by atoms with van der Waals surface area (Å²) in [5, 5.41) is 14.8. The van der Waals surface area contributed by atoms with Crippen LogP contribution in [0.5, 0.6) is 0 Å². The van der Waals surface area contributed by atoms with E-state index < -0.39 is 0 Å². The highest BCUT2D eigenvalue weighted by Crippen LogP contribution is 2.33. The van der Waals surface area contributed by atoms with Gasteiger partial charge < -0.3 is 4.74 Å². The molecule has 1 aliphatic heterocycles. The van der Waals surface area contributed by atoms with Gasteiger partial charge >= 0.3 is 0 Å². The Morgan fingerprint density at radius 1 is 1.36 bits per heavy atom.